The van der Waals surface area contributed by atoms with Gasteiger partial charge in [-0.05, 0) is 45.0 Å². The monoisotopic (exact) mass is 250 g/mol. The van der Waals surface area contributed by atoms with Crippen LogP contribution in [0.3, 0.4) is 0 Å². The van der Waals surface area contributed by atoms with Gasteiger partial charge in [0.1, 0.15) is 5.75 Å². The van der Waals surface area contributed by atoms with Crippen LogP contribution in [-0.4, -0.2) is 28.1 Å². The molecule has 0 aliphatic heterocycles. The van der Waals surface area contributed by atoms with Gasteiger partial charge in [-0.3, -0.25) is 9.88 Å². The van der Waals surface area contributed by atoms with E-state index >= 15 is 0 Å². The number of pyridine rings is 1. The Morgan fingerprint density at radius 3 is 2.28 bits per heavy atom. The number of aromatic nitrogens is 1. The molecule has 0 fully saturated rings. The Hall–Kier alpha value is -1.09. The first-order chi connectivity index (χ1) is 8.67. The molecule has 1 aromatic rings. The van der Waals surface area contributed by atoms with E-state index in [1.165, 1.54) is 25.7 Å². The average molecular weight is 250 g/mol. The lowest BCUT2D eigenvalue weighted by Crippen LogP contribution is -2.26. The fourth-order valence-electron chi connectivity index (χ4n) is 1.96. The number of hydrogen-bond acceptors (Lipinski definition) is 3. The third-order valence-corrected chi connectivity index (χ3v) is 3.12. The van der Waals surface area contributed by atoms with Crippen molar-refractivity contribution >= 4 is 0 Å². The van der Waals surface area contributed by atoms with E-state index in [1.807, 2.05) is 13.0 Å². The van der Waals surface area contributed by atoms with Gasteiger partial charge in [0.05, 0.1) is 5.69 Å². The molecule has 1 aromatic heterocycles. The Bertz CT molecular complexity index is 344. The van der Waals surface area contributed by atoms with Gasteiger partial charge in [0.2, 0.25) is 0 Å². The molecule has 0 radical (unpaired) electrons. The molecular weight excluding hydrogens is 224 g/mol. The van der Waals surface area contributed by atoms with E-state index in [4.69, 9.17) is 0 Å². The molecule has 0 aliphatic rings. The zero-order chi connectivity index (χ0) is 13.4. The fraction of sp³-hybridized carbons (Fsp3) is 0.667. The van der Waals surface area contributed by atoms with Crippen LogP contribution in [0.2, 0.25) is 0 Å². The molecule has 0 aromatic carbocycles. The van der Waals surface area contributed by atoms with Crippen LogP contribution in [0.5, 0.6) is 5.75 Å². The van der Waals surface area contributed by atoms with E-state index in [-0.39, 0.29) is 0 Å². The van der Waals surface area contributed by atoms with Crippen LogP contribution in [0.15, 0.2) is 12.1 Å². The molecule has 0 saturated heterocycles. The quantitative estimate of drug-likeness (QED) is 0.767. The summed E-state index contributed by atoms with van der Waals surface area (Å²) in [6.07, 6.45) is 4.82. The van der Waals surface area contributed by atoms with Crippen LogP contribution >= 0.6 is 0 Å². The van der Waals surface area contributed by atoms with Crippen LogP contribution in [0.1, 0.15) is 50.9 Å². The summed E-state index contributed by atoms with van der Waals surface area (Å²) in [7, 11) is 0. The lowest BCUT2D eigenvalue weighted by molar-refractivity contribution is 0.250. The highest BCUT2D eigenvalue weighted by atomic mass is 16.3. The van der Waals surface area contributed by atoms with E-state index in [0.717, 1.165) is 31.0 Å². The molecule has 18 heavy (non-hydrogen) atoms. The molecule has 0 atom stereocenters. The van der Waals surface area contributed by atoms with Gasteiger partial charge in [0.15, 0.2) is 0 Å². The number of unbranched alkanes of at least 4 members (excludes halogenated alkanes) is 2. The zero-order valence-corrected chi connectivity index (χ0v) is 11.9. The van der Waals surface area contributed by atoms with Crippen LogP contribution in [-0.2, 0) is 6.54 Å². The van der Waals surface area contributed by atoms with Crippen molar-refractivity contribution in [2.75, 3.05) is 13.1 Å². The van der Waals surface area contributed by atoms with Crippen molar-refractivity contribution in [3.8, 4) is 5.75 Å². The van der Waals surface area contributed by atoms with E-state index in [9.17, 15) is 5.11 Å². The van der Waals surface area contributed by atoms with Crippen LogP contribution in [0.4, 0.5) is 0 Å². The predicted octanol–water partition coefficient (Wildman–Crippen LogP) is 3.50. The van der Waals surface area contributed by atoms with Gasteiger partial charge in [0, 0.05) is 12.2 Å². The van der Waals surface area contributed by atoms with Crippen LogP contribution < -0.4 is 0 Å². The first-order valence-corrected chi connectivity index (χ1v) is 7.05. The number of aromatic hydroxyl groups is 1. The molecule has 102 valence electrons. The summed E-state index contributed by atoms with van der Waals surface area (Å²) < 4.78 is 0. The van der Waals surface area contributed by atoms with Gasteiger partial charge in [-0.1, -0.05) is 26.7 Å². The van der Waals surface area contributed by atoms with Crippen molar-refractivity contribution in [2.45, 2.75) is 53.0 Å². The largest absolute Gasteiger partial charge is 0.506 e. The zero-order valence-electron chi connectivity index (χ0n) is 11.9. The average Bonchev–Trinajstić information content (AvgIpc) is 2.37. The summed E-state index contributed by atoms with van der Waals surface area (Å²) in [6.45, 7) is 9.32. The first kappa shape index (κ1) is 15.0. The van der Waals surface area contributed by atoms with E-state index in [2.05, 4.69) is 23.7 Å². The van der Waals surface area contributed by atoms with Gasteiger partial charge >= 0.3 is 0 Å². The Labute approximate surface area is 111 Å². The number of nitrogens with zero attached hydrogens (tertiary/aromatic N) is 2. The van der Waals surface area contributed by atoms with Gasteiger partial charge in [-0.15, -0.1) is 0 Å². The summed E-state index contributed by atoms with van der Waals surface area (Å²) >= 11 is 0. The molecule has 1 rings (SSSR count). The Kier molecular flexibility index (Phi) is 6.73. The summed E-state index contributed by atoms with van der Waals surface area (Å²) in [5, 5.41) is 9.85. The van der Waals surface area contributed by atoms with Crippen LogP contribution in [0, 0.1) is 6.92 Å². The number of aryl methyl sites for hydroxylation is 1. The van der Waals surface area contributed by atoms with Crippen molar-refractivity contribution < 1.29 is 5.11 Å². The molecule has 0 amide bonds. The van der Waals surface area contributed by atoms with E-state index in [0.29, 0.717) is 5.75 Å². The Morgan fingerprint density at radius 2 is 1.72 bits per heavy atom. The van der Waals surface area contributed by atoms with Gasteiger partial charge < -0.3 is 5.11 Å². The minimum atomic E-state index is 0.318. The van der Waals surface area contributed by atoms with Gasteiger partial charge in [-0.25, -0.2) is 0 Å². The molecule has 0 aliphatic carbocycles. The lowest BCUT2D eigenvalue weighted by Gasteiger charge is -2.22. The molecule has 3 nitrogen and oxygen atoms in total. The highest BCUT2D eigenvalue weighted by Crippen LogP contribution is 2.17. The van der Waals surface area contributed by atoms with Crippen molar-refractivity contribution in [1.82, 2.24) is 9.88 Å². The van der Waals surface area contributed by atoms with Crippen LogP contribution in [0.25, 0.3) is 0 Å². The molecule has 0 saturated carbocycles. The maximum atomic E-state index is 9.85. The van der Waals surface area contributed by atoms with Crippen molar-refractivity contribution in [3.63, 3.8) is 0 Å². The van der Waals surface area contributed by atoms with Crippen molar-refractivity contribution in [1.29, 1.82) is 0 Å². The van der Waals surface area contributed by atoms with Gasteiger partial charge in [0.25, 0.3) is 0 Å². The molecular formula is C15H26N2O. The second kappa shape index (κ2) is 8.09. The SMILES string of the molecule is CCCCN(CCCC)Cc1nc(C)ccc1O. The van der Waals surface area contributed by atoms with Crippen molar-refractivity contribution in [2.24, 2.45) is 0 Å². The molecule has 0 spiro atoms. The predicted molar refractivity (Wildman–Crippen MR) is 75.7 cm³/mol. The molecule has 1 N–H and O–H groups in total. The summed E-state index contributed by atoms with van der Waals surface area (Å²) in [4.78, 5) is 6.83. The van der Waals surface area contributed by atoms with E-state index < -0.39 is 0 Å². The second-order valence-electron chi connectivity index (χ2n) is 4.90. The number of hydrogen-bond donors (Lipinski definition) is 1. The maximum Gasteiger partial charge on any atom is 0.138 e. The summed E-state index contributed by atoms with van der Waals surface area (Å²) in [5.74, 6) is 0.318. The third kappa shape index (κ3) is 5.05. The first-order valence-electron chi connectivity index (χ1n) is 7.05. The van der Waals surface area contributed by atoms with Gasteiger partial charge in [-0.2, -0.15) is 0 Å². The summed E-state index contributed by atoms with van der Waals surface area (Å²) in [5.41, 5.74) is 1.77. The highest BCUT2D eigenvalue weighted by molar-refractivity contribution is 5.27. The lowest BCUT2D eigenvalue weighted by atomic mass is 10.2. The Balaban J connectivity index is 2.65. The third-order valence-electron chi connectivity index (χ3n) is 3.12. The van der Waals surface area contributed by atoms with Crippen molar-refractivity contribution in [3.05, 3.63) is 23.5 Å². The Morgan fingerprint density at radius 1 is 1.11 bits per heavy atom. The topological polar surface area (TPSA) is 36.4 Å². The molecule has 3 heteroatoms. The maximum absolute atomic E-state index is 9.85. The fourth-order valence-corrected chi connectivity index (χ4v) is 1.96. The minimum absolute atomic E-state index is 0.318. The standard InChI is InChI=1S/C15H26N2O/c1-4-6-10-17(11-7-5-2)12-14-15(18)9-8-13(3)16-14/h8-9,18H,4-7,10-12H2,1-3H3. The second-order valence-corrected chi connectivity index (χ2v) is 4.90. The normalized spacial score (nSPS) is 11.1. The smallest absolute Gasteiger partial charge is 0.138 e. The molecule has 1 heterocycles. The highest BCUT2D eigenvalue weighted by Gasteiger charge is 2.09. The molecule has 0 bridgehead atoms. The van der Waals surface area contributed by atoms with E-state index in [1.54, 1.807) is 6.07 Å². The summed E-state index contributed by atoms with van der Waals surface area (Å²) in [6, 6.07) is 3.59. The number of rotatable bonds is 8. The molecule has 0 unspecified atom stereocenters. The minimum Gasteiger partial charge on any atom is -0.506 e.